The molecule has 1 fully saturated rings. The summed E-state index contributed by atoms with van der Waals surface area (Å²) in [6.45, 7) is 4.85. The second-order valence-corrected chi connectivity index (χ2v) is 13.6. The summed E-state index contributed by atoms with van der Waals surface area (Å²) in [5.41, 5.74) is -1.07. The minimum Gasteiger partial charge on any atom is -0.449 e. The Morgan fingerprint density at radius 1 is 0.981 bits per heavy atom. The third-order valence-corrected chi connectivity index (χ3v) is 9.28. The lowest BCUT2D eigenvalue weighted by Crippen LogP contribution is -2.31. The van der Waals surface area contributed by atoms with Gasteiger partial charge in [-0.25, -0.2) is 32.3 Å². The molecule has 1 aromatic heterocycles. The molecule has 0 radical (unpaired) electrons. The number of rotatable bonds is 12. The third kappa shape index (κ3) is 9.85. The third-order valence-electron chi connectivity index (χ3n) is 7.77. The normalized spacial score (nSPS) is 14.3. The van der Waals surface area contributed by atoms with Gasteiger partial charge < -0.3 is 30.9 Å². The fourth-order valence-corrected chi connectivity index (χ4v) is 6.31. The monoisotopic (exact) mass is 746 g/mol. The Balaban J connectivity index is 1.35. The van der Waals surface area contributed by atoms with Crippen molar-refractivity contribution in [1.82, 2.24) is 19.6 Å². The maximum Gasteiger partial charge on any atom is 0.418 e. The number of halogens is 5. The molecule has 0 bridgehead atoms. The maximum absolute atomic E-state index is 15.3. The number of nitrogens with one attached hydrogen (secondary N) is 5. The van der Waals surface area contributed by atoms with Gasteiger partial charge in [0.15, 0.2) is 0 Å². The van der Waals surface area contributed by atoms with Crippen LogP contribution >= 0.6 is 0 Å². The number of hydrogen-bond donors (Lipinski definition) is 5. The fraction of sp³-hybridized carbons (Fsp3) is 0.265. The Bertz CT molecular complexity index is 2040. The fourth-order valence-electron chi connectivity index (χ4n) is 5.25. The van der Waals surface area contributed by atoms with Crippen molar-refractivity contribution in [1.29, 1.82) is 0 Å². The first-order valence-corrected chi connectivity index (χ1v) is 17.7. The van der Waals surface area contributed by atoms with Gasteiger partial charge in [0.1, 0.15) is 17.5 Å². The molecule has 3 aromatic carbocycles. The highest BCUT2D eigenvalue weighted by Crippen LogP contribution is 2.33. The second-order valence-electron chi connectivity index (χ2n) is 11.5. The molecule has 1 saturated heterocycles. The summed E-state index contributed by atoms with van der Waals surface area (Å²) in [5, 5.41) is 10.5. The van der Waals surface area contributed by atoms with Gasteiger partial charge in [0.25, 0.3) is 0 Å². The van der Waals surface area contributed by atoms with Crippen molar-refractivity contribution in [2.75, 3.05) is 54.1 Å². The topological polar surface area (TPSA) is 150 Å². The van der Waals surface area contributed by atoms with E-state index < -0.39 is 50.9 Å². The lowest BCUT2D eigenvalue weighted by atomic mass is 10.1. The van der Waals surface area contributed by atoms with Crippen LogP contribution in [0.2, 0.25) is 0 Å². The summed E-state index contributed by atoms with van der Waals surface area (Å²) >= 11 is 0. The van der Waals surface area contributed by atoms with Gasteiger partial charge in [0, 0.05) is 30.5 Å². The van der Waals surface area contributed by atoms with Crippen LogP contribution < -0.4 is 26.0 Å². The van der Waals surface area contributed by atoms with Crippen LogP contribution in [0.4, 0.5) is 60.4 Å². The van der Waals surface area contributed by atoms with Gasteiger partial charge in [-0.05, 0) is 92.8 Å². The zero-order valence-corrected chi connectivity index (χ0v) is 28.6. The molecular weight excluding hydrogens is 711 g/mol. The van der Waals surface area contributed by atoms with E-state index in [0.29, 0.717) is 47.4 Å². The molecule has 52 heavy (non-hydrogen) atoms. The van der Waals surface area contributed by atoms with E-state index >= 15 is 4.39 Å². The van der Waals surface area contributed by atoms with Crippen molar-refractivity contribution in [3.8, 4) is 11.1 Å². The van der Waals surface area contributed by atoms with E-state index in [9.17, 15) is 31.4 Å². The zero-order valence-electron chi connectivity index (χ0n) is 27.8. The first-order chi connectivity index (χ1) is 24.7. The molecule has 1 aliphatic rings. The molecule has 0 saturated carbocycles. The van der Waals surface area contributed by atoms with Crippen molar-refractivity contribution in [3.63, 3.8) is 0 Å². The Labute approximate surface area is 296 Å². The lowest BCUT2D eigenvalue weighted by molar-refractivity contribution is -0.137. The van der Waals surface area contributed by atoms with E-state index in [1.54, 1.807) is 19.1 Å². The number of carbonyl (C=O) groups excluding carboxylic acids is 2. The average molecular weight is 747 g/mol. The van der Waals surface area contributed by atoms with E-state index in [1.807, 2.05) is 5.32 Å². The number of alkyl halides is 3. The van der Waals surface area contributed by atoms with Gasteiger partial charge in [0.05, 0.1) is 38.1 Å². The molecule has 4 aromatic rings. The zero-order chi connectivity index (χ0) is 37.5. The van der Waals surface area contributed by atoms with Crippen LogP contribution in [0.25, 0.3) is 11.1 Å². The van der Waals surface area contributed by atoms with E-state index in [4.69, 9.17) is 4.74 Å². The molecule has 1 unspecified atom stereocenters. The molecule has 18 heteroatoms. The number of ether oxygens (including phenoxy) is 1. The van der Waals surface area contributed by atoms with Crippen molar-refractivity contribution in [2.45, 2.75) is 30.8 Å². The van der Waals surface area contributed by atoms with E-state index in [2.05, 4.69) is 41.4 Å². The molecule has 5 N–H and O–H groups in total. The van der Waals surface area contributed by atoms with Gasteiger partial charge in [-0.2, -0.15) is 18.2 Å². The van der Waals surface area contributed by atoms with Gasteiger partial charge >= 0.3 is 18.3 Å². The van der Waals surface area contributed by atoms with Crippen molar-refractivity contribution in [3.05, 3.63) is 84.1 Å². The smallest absolute Gasteiger partial charge is 0.418 e. The second kappa shape index (κ2) is 16.2. The van der Waals surface area contributed by atoms with E-state index in [0.717, 1.165) is 38.5 Å². The summed E-state index contributed by atoms with van der Waals surface area (Å²) in [4.78, 5) is 35.9. The number of nitrogens with zero attached hydrogens (tertiary/aromatic N) is 3. The summed E-state index contributed by atoms with van der Waals surface area (Å²) in [7, 11) is -3.25. The summed E-state index contributed by atoms with van der Waals surface area (Å²) in [6, 6.07) is 10.5. The molecule has 276 valence electrons. The summed E-state index contributed by atoms with van der Waals surface area (Å²) in [6.07, 6.45) is -1.98. The quantitative estimate of drug-likeness (QED) is 0.0758. The van der Waals surface area contributed by atoms with Gasteiger partial charge in [-0.1, -0.05) is 12.1 Å². The number of urea groups is 1. The Hall–Kier alpha value is -5.49. The van der Waals surface area contributed by atoms with Crippen molar-refractivity contribution in [2.24, 2.45) is 0 Å². The Kier molecular flexibility index (Phi) is 11.8. The van der Waals surface area contributed by atoms with Crippen LogP contribution in [-0.2, 0) is 20.6 Å². The van der Waals surface area contributed by atoms with Crippen molar-refractivity contribution < 1.29 is 40.5 Å². The molecule has 5 rings (SSSR count). The number of anilines is 5. The molecule has 0 spiro atoms. The molecule has 3 amide bonds. The first-order valence-electron chi connectivity index (χ1n) is 16.0. The number of benzene rings is 3. The summed E-state index contributed by atoms with van der Waals surface area (Å²) in [5.74, 6) is 2.11. The van der Waals surface area contributed by atoms with Crippen LogP contribution in [-0.4, -0.2) is 69.9 Å². The molecule has 1 aliphatic heterocycles. The van der Waals surface area contributed by atoms with Crippen LogP contribution in [0, 0.1) is 11.6 Å². The number of amides is 3. The van der Waals surface area contributed by atoms with Crippen molar-refractivity contribution >= 4 is 56.5 Å². The average Bonchev–Trinajstić information content (AvgIpc) is 3.60. The number of hydrogen-bond acceptors (Lipinski definition) is 9. The SMILES string of the molecule is C=S(=O)(NC(=O)OCC)c1cccc(Nc2ncc(-c3ccc(NC(=O)Nc4cc(C(F)(F)F)ccc4F)c(F)c3)c(NCCN3CCCC3)n2)c1. The molecule has 2 heterocycles. The van der Waals surface area contributed by atoms with E-state index in [1.165, 1.54) is 30.5 Å². The minimum atomic E-state index is -4.77. The predicted octanol–water partition coefficient (Wildman–Crippen LogP) is 7.07. The van der Waals surface area contributed by atoms with E-state index in [-0.39, 0.29) is 23.1 Å². The molecular formula is C34H35F5N8O4S. The highest BCUT2D eigenvalue weighted by Gasteiger charge is 2.31. The maximum atomic E-state index is 15.3. The van der Waals surface area contributed by atoms with Crippen LogP contribution in [0.1, 0.15) is 25.3 Å². The van der Waals surface area contributed by atoms with Gasteiger partial charge in [-0.15, -0.1) is 0 Å². The van der Waals surface area contributed by atoms with Crippen LogP contribution in [0.15, 0.2) is 71.8 Å². The lowest BCUT2D eigenvalue weighted by Gasteiger charge is -2.18. The first kappa shape index (κ1) is 37.8. The number of carbonyl (C=O) groups is 2. The standard InChI is InChI=1S/C34H35F5N8O4S/c1-3-51-33(49)46-52(2,50)24-8-6-7-23(19-24)42-31-41-20-25(30(45-31)40-13-16-47-14-4-5-15-47)21-9-12-28(27(36)17-21)43-32(48)44-29-18-22(34(37,38)39)10-11-26(29)35/h6-12,17-20H,2-5,13-16H2,1H3,(H2,43,44,48)(H,46,49,50)(H2,40,41,42,45). The molecule has 1 atom stereocenters. The van der Waals surface area contributed by atoms with Gasteiger partial charge in [0.2, 0.25) is 5.95 Å². The van der Waals surface area contributed by atoms with Crippen LogP contribution in [0.3, 0.4) is 0 Å². The van der Waals surface area contributed by atoms with Crippen LogP contribution in [0.5, 0.6) is 0 Å². The predicted molar refractivity (Wildman–Crippen MR) is 189 cm³/mol. The number of likely N-dealkylation sites (tertiary alicyclic amines) is 1. The largest absolute Gasteiger partial charge is 0.449 e. The minimum absolute atomic E-state index is 0.0875. The number of aromatic nitrogens is 2. The highest BCUT2D eigenvalue weighted by molar-refractivity contribution is 7.99. The highest BCUT2D eigenvalue weighted by atomic mass is 32.2. The molecule has 12 nitrogen and oxygen atoms in total. The molecule has 0 aliphatic carbocycles. The summed E-state index contributed by atoms with van der Waals surface area (Å²) < 4.78 is 88.8. The Morgan fingerprint density at radius 3 is 2.44 bits per heavy atom. The van der Waals surface area contributed by atoms with Gasteiger partial charge in [-0.3, -0.25) is 0 Å². The Morgan fingerprint density at radius 2 is 1.73 bits per heavy atom.